The molecule has 1 amide bonds. The molecule has 0 aliphatic heterocycles. The monoisotopic (exact) mass is 286 g/mol. The van der Waals surface area contributed by atoms with Gasteiger partial charge in [0, 0.05) is 23.9 Å². The van der Waals surface area contributed by atoms with E-state index in [4.69, 9.17) is 18.0 Å². The van der Waals surface area contributed by atoms with Crippen molar-refractivity contribution >= 4 is 28.8 Å². The molecule has 0 aliphatic carbocycles. The lowest BCUT2D eigenvalue weighted by Crippen LogP contribution is -2.26. The number of aromatic hydroxyl groups is 1. The number of rotatable bonds is 3. The molecule has 0 aliphatic rings. The molecule has 2 aromatic rings. The van der Waals surface area contributed by atoms with E-state index in [0.29, 0.717) is 10.6 Å². The summed E-state index contributed by atoms with van der Waals surface area (Å²) in [6, 6.07) is 13.2. The Morgan fingerprint density at radius 3 is 2.05 bits per heavy atom. The van der Waals surface area contributed by atoms with Gasteiger partial charge in [0.1, 0.15) is 10.7 Å². The Morgan fingerprint density at radius 1 is 1.05 bits per heavy atom. The summed E-state index contributed by atoms with van der Waals surface area (Å²) in [5.74, 6) is -0.0295. The number of carbonyl (C=O) groups is 1. The van der Waals surface area contributed by atoms with Crippen LogP contribution in [-0.4, -0.2) is 23.0 Å². The van der Waals surface area contributed by atoms with E-state index in [2.05, 4.69) is 0 Å². The molecule has 0 atom stereocenters. The first-order chi connectivity index (χ1) is 9.49. The average molecular weight is 286 g/mol. The van der Waals surface area contributed by atoms with E-state index >= 15 is 0 Å². The van der Waals surface area contributed by atoms with Crippen LogP contribution in [-0.2, 0) is 0 Å². The van der Waals surface area contributed by atoms with Gasteiger partial charge < -0.3 is 15.7 Å². The topological polar surface area (TPSA) is 66.6 Å². The number of nitrogens with two attached hydrogens (primary N) is 1. The van der Waals surface area contributed by atoms with E-state index < -0.39 is 0 Å². The fraction of sp³-hybridized carbons (Fsp3) is 0.0667. The summed E-state index contributed by atoms with van der Waals surface area (Å²) in [4.78, 5) is 14.1. The highest BCUT2D eigenvalue weighted by Crippen LogP contribution is 2.18. The van der Waals surface area contributed by atoms with E-state index in [9.17, 15) is 9.90 Å². The second-order valence-electron chi connectivity index (χ2n) is 4.32. The third-order valence-electron chi connectivity index (χ3n) is 2.96. The zero-order valence-corrected chi connectivity index (χ0v) is 11.7. The maximum absolute atomic E-state index is 12.3. The normalized spacial score (nSPS) is 10.1. The van der Waals surface area contributed by atoms with Gasteiger partial charge in [0.2, 0.25) is 0 Å². The molecule has 0 spiro atoms. The molecule has 20 heavy (non-hydrogen) atoms. The van der Waals surface area contributed by atoms with E-state index in [1.807, 2.05) is 0 Å². The number of carbonyl (C=O) groups excluding carboxylic acids is 1. The maximum atomic E-state index is 12.3. The van der Waals surface area contributed by atoms with Gasteiger partial charge in [0.15, 0.2) is 0 Å². The summed E-state index contributed by atoms with van der Waals surface area (Å²) in [5.41, 5.74) is 7.53. The first kappa shape index (κ1) is 14.0. The van der Waals surface area contributed by atoms with Gasteiger partial charge in [-0.25, -0.2) is 0 Å². The molecule has 0 saturated carbocycles. The van der Waals surface area contributed by atoms with Crippen LogP contribution in [0.15, 0.2) is 48.5 Å². The Labute approximate surface area is 122 Å². The van der Waals surface area contributed by atoms with E-state index in [0.717, 1.165) is 11.3 Å². The first-order valence-electron chi connectivity index (χ1n) is 5.96. The SMILES string of the molecule is CN(C(=O)c1ccc(O)cc1)c1ccc(C(N)=S)cc1. The molecule has 3 N–H and O–H groups in total. The molecule has 0 unspecified atom stereocenters. The van der Waals surface area contributed by atoms with Crippen LogP contribution in [0, 0.1) is 0 Å². The smallest absolute Gasteiger partial charge is 0.258 e. The van der Waals surface area contributed by atoms with Crippen molar-refractivity contribution in [3.63, 3.8) is 0 Å². The average Bonchev–Trinajstić information content (AvgIpc) is 2.46. The Kier molecular flexibility index (Phi) is 4.00. The standard InChI is InChI=1S/C15H14N2O2S/c1-17(12-6-2-10(3-7-12)14(16)20)15(19)11-4-8-13(18)9-5-11/h2-9,18H,1H3,(H2,16,20). The number of benzene rings is 2. The minimum Gasteiger partial charge on any atom is -0.508 e. The number of amides is 1. The first-order valence-corrected chi connectivity index (χ1v) is 6.37. The van der Waals surface area contributed by atoms with Crippen molar-refractivity contribution in [2.75, 3.05) is 11.9 Å². The van der Waals surface area contributed by atoms with Crippen molar-refractivity contribution in [2.24, 2.45) is 5.73 Å². The van der Waals surface area contributed by atoms with Gasteiger partial charge in [-0.1, -0.05) is 12.2 Å². The summed E-state index contributed by atoms with van der Waals surface area (Å²) in [5, 5.41) is 9.23. The van der Waals surface area contributed by atoms with Crippen LogP contribution in [0.1, 0.15) is 15.9 Å². The minimum atomic E-state index is -0.159. The van der Waals surface area contributed by atoms with E-state index in [1.165, 1.54) is 17.0 Å². The van der Waals surface area contributed by atoms with Gasteiger partial charge in [-0.3, -0.25) is 4.79 Å². The molecule has 5 heteroatoms. The van der Waals surface area contributed by atoms with Crippen LogP contribution >= 0.6 is 12.2 Å². The summed E-state index contributed by atoms with van der Waals surface area (Å²) in [6.07, 6.45) is 0. The van der Waals surface area contributed by atoms with Gasteiger partial charge in [-0.2, -0.15) is 0 Å². The Hall–Kier alpha value is -2.40. The highest BCUT2D eigenvalue weighted by atomic mass is 32.1. The fourth-order valence-corrected chi connectivity index (χ4v) is 1.90. The quantitative estimate of drug-likeness (QED) is 0.850. The third kappa shape index (κ3) is 2.95. The number of thiocarbonyl (C=S) groups is 1. The molecule has 0 fully saturated rings. The number of hydrogen-bond donors (Lipinski definition) is 2. The number of hydrogen-bond acceptors (Lipinski definition) is 3. The Morgan fingerprint density at radius 2 is 1.55 bits per heavy atom. The van der Waals surface area contributed by atoms with Crippen LogP contribution in [0.5, 0.6) is 5.75 Å². The number of nitrogens with zero attached hydrogens (tertiary/aromatic N) is 1. The van der Waals surface area contributed by atoms with Crippen LogP contribution < -0.4 is 10.6 Å². The predicted octanol–water partition coefficient (Wildman–Crippen LogP) is 2.30. The highest BCUT2D eigenvalue weighted by molar-refractivity contribution is 7.80. The number of anilines is 1. The molecular weight excluding hydrogens is 272 g/mol. The molecule has 4 nitrogen and oxygen atoms in total. The van der Waals surface area contributed by atoms with Crippen molar-refractivity contribution in [1.82, 2.24) is 0 Å². The van der Waals surface area contributed by atoms with Gasteiger partial charge >= 0.3 is 0 Å². The molecule has 2 rings (SSSR count). The summed E-state index contributed by atoms with van der Waals surface area (Å²) in [6.45, 7) is 0. The molecule has 0 saturated heterocycles. The van der Waals surface area contributed by atoms with Crippen LogP contribution in [0.3, 0.4) is 0 Å². The molecular formula is C15H14N2O2S. The molecule has 0 heterocycles. The van der Waals surface area contributed by atoms with E-state index in [-0.39, 0.29) is 11.7 Å². The third-order valence-corrected chi connectivity index (χ3v) is 3.19. The molecule has 0 bridgehead atoms. The van der Waals surface area contributed by atoms with Crippen LogP contribution in [0.25, 0.3) is 0 Å². The van der Waals surface area contributed by atoms with Crippen molar-refractivity contribution in [3.8, 4) is 5.75 Å². The van der Waals surface area contributed by atoms with Crippen molar-refractivity contribution in [3.05, 3.63) is 59.7 Å². The van der Waals surface area contributed by atoms with Crippen molar-refractivity contribution in [2.45, 2.75) is 0 Å². The molecule has 0 radical (unpaired) electrons. The van der Waals surface area contributed by atoms with Crippen molar-refractivity contribution in [1.29, 1.82) is 0 Å². The van der Waals surface area contributed by atoms with Crippen LogP contribution in [0.4, 0.5) is 5.69 Å². The molecule has 2 aromatic carbocycles. The zero-order chi connectivity index (χ0) is 14.7. The maximum Gasteiger partial charge on any atom is 0.258 e. The van der Waals surface area contributed by atoms with Gasteiger partial charge in [0.25, 0.3) is 5.91 Å². The van der Waals surface area contributed by atoms with Crippen molar-refractivity contribution < 1.29 is 9.90 Å². The summed E-state index contributed by atoms with van der Waals surface area (Å²) in [7, 11) is 1.69. The minimum absolute atomic E-state index is 0.130. The Balaban J connectivity index is 2.22. The number of phenolic OH excluding ortho intramolecular Hbond substituents is 1. The largest absolute Gasteiger partial charge is 0.508 e. The number of phenols is 1. The summed E-state index contributed by atoms with van der Waals surface area (Å²) >= 11 is 4.88. The van der Waals surface area contributed by atoms with Gasteiger partial charge in [0.05, 0.1) is 0 Å². The van der Waals surface area contributed by atoms with Gasteiger partial charge in [-0.15, -0.1) is 0 Å². The summed E-state index contributed by atoms with van der Waals surface area (Å²) < 4.78 is 0. The molecule has 0 aromatic heterocycles. The van der Waals surface area contributed by atoms with Crippen LogP contribution in [0.2, 0.25) is 0 Å². The predicted molar refractivity (Wildman–Crippen MR) is 83.2 cm³/mol. The lowest BCUT2D eigenvalue weighted by atomic mass is 10.1. The second kappa shape index (κ2) is 5.71. The lowest BCUT2D eigenvalue weighted by Gasteiger charge is -2.17. The highest BCUT2D eigenvalue weighted by Gasteiger charge is 2.13. The van der Waals surface area contributed by atoms with E-state index in [1.54, 1.807) is 43.4 Å². The second-order valence-corrected chi connectivity index (χ2v) is 4.76. The van der Waals surface area contributed by atoms with Gasteiger partial charge in [-0.05, 0) is 48.5 Å². The molecule has 102 valence electrons. The Bertz CT molecular complexity index is 636. The fourth-order valence-electron chi connectivity index (χ4n) is 1.76. The zero-order valence-electron chi connectivity index (χ0n) is 10.9. The lowest BCUT2D eigenvalue weighted by molar-refractivity contribution is 0.0993.